The Labute approximate surface area is 167 Å². The molecule has 1 atom stereocenters. The minimum Gasteiger partial charge on any atom is -0.399 e. The number of primary amides is 1. The molecule has 1 saturated heterocycles. The number of alkyl halides is 3. The van der Waals surface area contributed by atoms with Crippen LogP contribution in [0.5, 0.6) is 0 Å². The largest absolute Gasteiger partial charge is 0.495 e. The Kier molecular flexibility index (Phi) is 5.02. The van der Waals surface area contributed by atoms with Gasteiger partial charge in [0.1, 0.15) is 5.82 Å². The van der Waals surface area contributed by atoms with Crippen LogP contribution in [0.4, 0.5) is 22.4 Å². The standard InChI is InChI=1S/C19H23BF4N2O3/c1-10-8-14(21)11(9-13(10)20-28-17(2,3)18(4,5)29-20)15-12(19(22,23)24)6-7-26(15)16(25)27/h6,8-9,15H,7H2,1-5H3,(H2,25,27). The monoisotopic (exact) mass is 414 g/mol. The van der Waals surface area contributed by atoms with E-state index < -0.39 is 48.0 Å². The second-order valence-corrected chi connectivity index (χ2v) is 8.37. The van der Waals surface area contributed by atoms with Crippen LogP contribution in [0.25, 0.3) is 0 Å². The molecule has 0 aliphatic carbocycles. The number of carbonyl (C=O) groups is 1. The molecule has 0 spiro atoms. The Morgan fingerprint density at radius 3 is 2.24 bits per heavy atom. The topological polar surface area (TPSA) is 64.8 Å². The van der Waals surface area contributed by atoms with Crippen molar-refractivity contribution in [2.24, 2.45) is 5.73 Å². The SMILES string of the molecule is Cc1cc(F)c(C2C(C(F)(F)F)=CCN2C(N)=O)cc1B1OC(C)(C)C(C)(C)O1. The zero-order valence-corrected chi connectivity index (χ0v) is 16.9. The predicted octanol–water partition coefficient (Wildman–Crippen LogP) is 3.36. The van der Waals surface area contributed by atoms with E-state index in [0.717, 1.165) is 17.0 Å². The van der Waals surface area contributed by atoms with Crippen molar-refractivity contribution in [1.29, 1.82) is 0 Å². The number of benzene rings is 1. The first-order valence-electron chi connectivity index (χ1n) is 9.14. The van der Waals surface area contributed by atoms with Crippen LogP contribution in [0, 0.1) is 12.7 Å². The highest BCUT2D eigenvalue weighted by Gasteiger charge is 2.53. The molecular formula is C19H23BF4N2O3. The lowest BCUT2D eigenvalue weighted by Crippen LogP contribution is -2.41. The normalized spacial score (nSPS) is 23.5. The number of urea groups is 1. The lowest BCUT2D eigenvalue weighted by atomic mass is 9.74. The molecule has 5 nitrogen and oxygen atoms in total. The van der Waals surface area contributed by atoms with E-state index in [0.29, 0.717) is 11.0 Å². The minimum atomic E-state index is -4.74. The molecule has 1 aromatic rings. The van der Waals surface area contributed by atoms with Gasteiger partial charge < -0.3 is 19.9 Å². The Hall–Kier alpha value is -2.07. The van der Waals surface area contributed by atoms with Gasteiger partial charge in [0.15, 0.2) is 0 Å². The van der Waals surface area contributed by atoms with E-state index in [1.54, 1.807) is 6.92 Å². The molecule has 10 heteroatoms. The predicted molar refractivity (Wildman–Crippen MR) is 100 cm³/mol. The van der Waals surface area contributed by atoms with E-state index in [4.69, 9.17) is 15.0 Å². The maximum atomic E-state index is 14.8. The average Bonchev–Trinajstić information content (AvgIpc) is 3.06. The minimum absolute atomic E-state index is 0.305. The van der Waals surface area contributed by atoms with Gasteiger partial charge in [0.2, 0.25) is 0 Å². The number of nitrogens with two attached hydrogens (primary N) is 1. The highest BCUT2D eigenvalue weighted by atomic mass is 19.4. The lowest BCUT2D eigenvalue weighted by Gasteiger charge is -2.32. The number of hydrogen-bond donors (Lipinski definition) is 1. The smallest absolute Gasteiger partial charge is 0.399 e. The second kappa shape index (κ2) is 6.73. The molecule has 158 valence electrons. The van der Waals surface area contributed by atoms with Crippen molar-refractivity contribution in [1.82, 2.24) is 4.90 Å². The van der Waals surface area contributed by atoms with Crippen LogP contribution in [0.2, 0.25) is 0 Å². The number of carbonyl (C=O) groups excluding carboxylic acids is 1. The van der Waals surface area contributed by atoms with Crippen LogP contribution in [-0.2, 0) is 9.31 Å². The first kappa shape index (κ1) is 21.6. The molecule has 0 aromatic heterocycles. The van der Waals surface area contributed by atoms with Gasteiger partial charge in [-0.15, -0.1) is 0 Å². The molecule has 1 fully saturated rings. The third-order valence-electron chi connectivity index (χ3n) is 5.91. The van der Waals surface area contributed by atoms with E-state index in [2.05, 4.69) is 0 Å². The summed E-state index contributed by atoms with van der Waals surface area (Å²) in [5, 5.41) is 0. The van der Waals surface area contributed by atoms with Gasteiger partial charge in [-0.3, -0.25) is 0 Å². The summed E-state index contributed by atoms with van der Waals surface area (Å²) < 4.78 is 67.3. The molecule has 1 aromatic carbocycles. The van der Waals surface area contributed by atoms with Gasteiger partial charge in [-0.2, -0.15) is 13.2 Å². The fourth-order valence-electron chi connectivity index (χ4n) is 3.55. The van der Waals surface area contributed by atoms with E-state index in [-0.39, 0.29) is 12.1 Å². The summed E-state index contributed by atoms with van der Waals surface area (Å²) in [5.74, 6) is -0.865. The number of aryl methyl sites for hydroxylation is 1. The Morgan fingerprint density at radius 2 is 1.76 bits per heavy atom. The molecule has 3 rings (SSSR count). The molecule has 0 radical (unpaired) electrons. The van der Waals surface area contributed by atoms with Crippen molar-refractivity contribution in [3.63, 3.8) is 0 Å². The van der Waals surface area contributed by atoms with Crippen molar-refractivity contribution in [3.8, 4) is 0 Å². The third kappa shape index (κ3) is 3.63. The molecule has 1 unspecified atom stereocenters. The molecule has 0 saturated carbocycles. The summed E-state index contributed by atoms with van der Waals surface area (Å²) >= 11 is 0. The van der Waals surface area contributed by atoms with E-state index in [1.807, 2.05) is 27.7 Å². The maximum absolute atomic E-state index is 14.8. The highest BCUT2D eigenvalue weighted by molar-refractivity contribution is 6.62. The molecule has 29 heavy (non-hydrogen) atoms. The van der Waals surface area contributed by atoms with E-state index in [1.165, 1.54) is 6.07 Å². The fraction of sp³-hybridized carbons (Fsp3) is 0.526. The molecule has 0 bridgehead atoms. The van der Waals surface area contributed by atoms with Gasteiger partial charge in [0.05, 0.1) is 22.8 Å². The van der Waals surface area contributed by atoms with Crippen molar-refractivity contribution < 1.29 is 31.7 Å². The first-order chi connectivity index (χ1) is 13.2. The first-order valence-corrected chi connectivity index (χ1v) is 9.14. The van der Waals surface area contributed by atoms with Crippen molar-refractivity contribution in [2.45, 2.75) is 58.0 Å². The summed E-state index contributed by atoms with van der Waals surface area (Å²) in [6.07, 6.45) is -3.89. The summed E-state index contributed by atoms with van der Waals surface area (Å²) in [5.41, 5.74) is 3.43. The van der Waals surface area contributed by atoms with Gasteiger partial charge in [-0.1, -0.05) is 12.1 Å². The third-order valence-corrected chi connectivity index (χ3v) is 5.91. The van der Waals surface area contributed by atoms with Crippen molar-refractivity contribution in [3.05, 3.63) is 40.7 Å². The molecule has 2 heterocycles. The van der Waals surface area contributed by atoms with Crippen LogP contribution in [0.15, 0.2) is 23.8 Å². The summed E-state index contributed by atoms with van der Waals surface area (Å²) in [7, 11) is -0.888. The van der Waals surface area contributed by atoms with Gasteiger partial charge in [-0.05, 0) is 51.7 Å². The molecular weight excluding hydrogens is 391 g/mol. The zero-order valence-electron chi connectivity index (χ0n) is 16.9. The van der Waals surface area contributed by atoms with E-state index >= 15 is 0 Å². The van der Waals surface area contributed by atoms with Crippen molar-refractivity contribution in [2.75, 3.05) is 6.54 Å². The van der Waals surface area contributed by atoms with Crippen molar-refractivity contribution >= 4 is 18.6 Å². The van der Waals surface area contributed by atoms with Crippen LogP contribution in [0.3, 0.4) is 0 Å². The number of rotatable bonds is 2. The highest BCUT2D eigenvalue weighted by Crippen LogP contribution is 2.44. The number of halogens is 4. The Balaban J connectivity index is 2.10. The number of nitrogens with zero attached hydrogens (tertiary/aromatic N) is 1. The van der Waals surface area contributed by atoms with Gasteiger partial charge in [0, 0.05) is 12.1 Å². The molecule has 2 amide bonds. The van der Waals surface area contributed by atoms with Crippen LogP contribution >= 0.6 is 0 Å². The second-order valence-electron chi connectivity index (χ2n) is 8.37. The Bertz CT molecular complexity index is 867. The van der Waals surface area contributed by atoms with E-state index in [9.17, 15) is 22.4 Å². The summed E-state index contributed by atoms with van der Waals surface area (Å²) in [4.78, 5) is 12.5. The molecule has 2 aliphatic rings. The van der Waals surface area contributed by atoms with Gasteiger partial charge in [0.25, 0.3) is 0 Å². The number of amides is 2. The molecule has 2 N–H and O–H groups in total. The van der Waals surface area contributed by atoms with Crippen LogP contribution in [-0.4, -0.2) is 42.0 Å². The Morgan fingerprint density at radius 1 is 1.21 bits per heavy atom. The summed E-state index contributed by atoms with van der Waals surface area (Å²) in [6, 6.07) is -0.337. The van der Waals surface area contributed by atoms with Gasteiger partial charge in [-0.25, -0.2) is 9.18 Å². The quantitative estimate of drug-likeness (QED) is 0.459. The lowest BCUT2D eigenvalue weighted by molar-refractivity contribution is -0.0976. The summed E-state index contributed by atoms with van der Waals surface area (Å²) in [6.45, 7) is 8.61. The maximum Gasteiger partial charge on any atom is 0.495 e. The van der Waals surface area contributed by atoms with Crippen LogP contribution in [0.1, 0.15) is 44.9 Å². The fourth-order valence-corrected chi connectivity index (χ4v) is 3.55. The number of hydrogen-bond acceptors (Lipinski definition) is 3. The van der Waals surface area contributed by atoms with Gasteiger partial charge >= 0.3 is 19.3 Å². The zero-order chi connectivity index (χ0) is 21.9. The average molecular weight is 414 g/mol. The van der Waals surface area contributed by atoms with Crippen LogP contribution < -0.4 is 11.2 Å². The molecule has 2 aliphatic heterocycles.